The molecule has 24 heavy (non-hydrogen) atoms. The van der Waals surface area contributed by atoms with E-state index in [9.17, 15) is 4.79 Å². The van der Waals surface area contributed by atoms with Crippen LogP contribution < -0.4 is 19.6 Å². The number of carbonyl (C=O) groups excluding carboxylic acids is 1. The van der Waals surface area contributed by atoms with Crippen molar-refractivity contribution in [2.75, 3.05) is 20.8 Å². The maximum atomic E-state index is 12.0. The summed E-state index contributed by atoms with van der Waals surface area (Å²) in [7, 11) is 3.16. The molecule has 6 nitrogen and oxygen atoms in total. The van der Waals surface area contributed by atoms with Crippen LogP contribution in [0.3, 0.4) is 0 Å². The maximum absolute atomic E-state index is 12.0. The molecular weight excluding hydrogens is 308 g/mol. The van der Waals surface area contributed by atoms with E-state index in [4.69, 9.17) is 14.2 Å². The van der Waals surface area contributed by atoms with Crippen LogP contribution in [0.2, 0.25) is 0 Å². The zero-order valence-electron chi connectivity index (χ0n) is 13.9. The lowest BCUT2D eigenvalue weighted by molar-refractivity contribution is 0.0955. The lowest BCUT2D eigenvalue weighted by Crippen LogP contribution is -2.17. The van der Waals surface area contributed by atoms with E-state index < -0.39 is 0 Å². The number of ether oxygens (including phenoxy) is 3. The van der Waals surface area contributed by atoms with E-state index >= 15 is 0 Å². The van der Waals surface area contributed by atoms with Crippen molar-refractivity contribution < 1.29 is 19.0 Å². The van der Waals surface area contributed by atoms with Gasteiger partial charge in [0.25, 0.3) is 5.91 Å². The van der Waals surface area contributed by atoms with Crippen molar-refractivity contribution in [2.24, 2.45) is 5.10 Å². The van der Waals surface area contributed by atoms with Crippen LogP contribution in [0.4, 0.5) is 0 Å². The molecule has 2 aromatic carbocycles. The molecular formula is C18H20N2O4. The van der Waals surface area contributed by atoms with E-state index in [0.29, 0.717) is 29.4 Å². The van der Waals surface area contributed by atoms with E-state index in [2.05, 4.69) is 10.5 Å². The Balaban J connectivity index is 2.02. The summed E-state index contributed by atoms with van der Waals surface area (Å²) >= 11 is 0. The molecule has 0 atom stereocenters. The highest BCUT2D eigenvalue weighted by Gasteiger charge is 2.05. The Bertz CT molecular complexity index is 711. The first-order valence-electron chi connectivity index (χ1n) is 7.46. The van der Waals surface area contributed by atoms with Gasteiger partial charge >= 0.3 is 0 Å². The number of methoxy groups -OCH3 is 2. The molecule has 6 heteroatoms. The molecule has 2 aromatic rings. The number of carbonyl (C=O) groups is 1. The van der Waals surface area contributed by atoms with Crippen molar-refractivity contribution >= 4 is 12.1 Å². The SMILES string of the molecule is CCOc1cc(/C=N/NC(=O)c2ccc(OC)cc2)ccc1OC. The van der Waals surface area contributed by atoms with Gasteiger partial charge in [0.1, 0.15) is 5.75 Å². The molecule has 0 fully saturated rings. The largest absolute Gasteiger partial charge is 0.497 e. The van der Waals surface area contributed by atoms with Crippen LogP contribution in [0, 0.1) is 0 Å². The van der Waals surface area contributed by atoms with Crippen molar-refractivity contribution in [3.63, 3.8) is 0 Å². The highest BCUT2D eigenvalue weighted by atomic mass is 16.5. The van der Waals surface area contributed by atoms with Gasteiger partial charge < -0.3 is 14.2 Å². The molecule has 0 bridgehead atoms. The Morgan fingerprint density at radius 2 is 1.83 bits per heavy atom. The summed E-state index contributed by atoms with van der Waals surface area (Å²) < 4.78 is 15.8. The van der Waals surface area contributed by atoms with Gasteiger partial charge in [-0.1, -0.05) is 0 Å². The van der Waals surface area contributed by atoms with Gasteiger partial charge in [0, 0.05) is 5.56 Å². The summed E-state index contributed by atoms with van der Waals surface area (Å²) in [5, 5.41) is 3.97. The van der Waals surface area contributed by atoms with E-state index in [0.717, 1.165) is 5.56 Å². The molecule has 126 valence electrons. The van der Waals surface area contributed by atoms with Gasteiger partial charge in [-0.3, -0.25) is 4.79 Å². The van der Waals surface area contributed by atoms with Crippen LogP contribution in [0.1, 0.15) is 22.8 Å². The smallest absolute Gasteiger partial charge is 0.271 e. The molecule has 0 saturated heterocycles. The number of hydrazone groups is 1. The average Bonchev–Trinajstić information content (AvgIpc) is 2.62. The lowest BCUT2D eigenvalue weighted by atomic mass is 10.2. The van der Waals surface area contributed by atoms with Gasteiger partial charge in [-0.05, 0) is 55.0 Å². The van der Waals surface area contributed by atoms with Crippen molar-refractivity contribution in [3.8, 4) is 17.2 Å². The Labute approximate surface area is 141 Å². The van der Waals surface area contributed by atoms with Crippen molar-refractivity contribution in [1.29, 1.82) is 0 Å². The van der Waals surface area contributed by atoms with Crippen LogP contribution in [0.5, 0.6) is 17.2 Å². The zero-order valence-corrected chi connectivity index (χ0v) is 13.9. The van der Waals surface area contributed by atoms with Gasteiger partial charge in [0.15, 0.2) is 11.5 Å². The number of benzene rings is 2. The standard InChI is InChI=1S/C18H20N2O4/c1-4-24-17-11-13(5-10-16(17)23-3)12-19-20-18(21)14-6-8-15(22-2)9-7-14/h5-12H,4H2,1-3H3,(H,20,21)/b19-12+. The maximum Gasteiger partial charge on any atom is 0.271 e. The third-order valence-electron chi connectivity index (χ3n) is 3.22. The van der Waals surface area contributed by atoms with Gasteiger partial charge in [0.05, 0.1) is 27.0 Å². The fraction of sp³-hybridized carbons (Fsp3) is 0.222. The predicted molar refractivity (Wildman–Crippen MR) is 92.2 cm³/mol. The second-order valence-corrected chi connectivity index (χ2v) is 4.77. The number of amides is 1. The summed E-state index contributed by atoms with van der Waals surface area (Å²) in [4.78, 5) is 12.0. The van der Waals surface area contributed by atoms with Crippen LogP contribution in [0.15, 0.2) is 47.6 Å². The monoisotopic (exact) mass is 328 g/mol. The predicted octanol–water partition coefficient (Wildman–Crippen LogP) is 2.87. The third kappa shape index (κ3) is 4.49. The van der Waals surface area contributed by atoms with Crippen LogP contribution in [0.25, 0.3) is 0 Å². The summed E-state index contributed by atoms with van der Waals surface area (Å²) in [6, 6.07) is 12.2. The molecule has 1 amide bonds. The fourth-order valence-corrected chi connectivity index (χ4v) is 2.01. The van der Waals surface area contributed by atoms with E-state index in [1.165, 1.54) is 0 Å². The molecule has 0 radical (unpaired) electrons. The van der Waals surface area contributed by atoms with Gasteiger partial charge in [-0.25, -0.2) is 5.43 Å². The lowest BCUT2D eigenvalue weighted by Gasteiger charge is -2.09. The van der Waals surface area contributed by atoms with Gasteiger partial charge in [-0.15, -0.1) is 0 Å². The number of hydrogen-bond acceptors (Lipinski definition) is 5. The van der Waals surface area contributed by atoms with Crippen molar-refractivity contribution in [1.82, 2.24) is 5.43 Å². The second-order valence-electron chi connectivity index (χ2n) is 4.77. The minimum Gasteiger partial charge on any atom is -0.497 e. The van der Waals surface area contributed by atoms with E-state index in [-0.39, 0.29) is 5.91 Å². The van der Waals surface area contributed by atoms with Crippen LogP contribution in [-0.4, -0.2) is 32.9 Å². The summed E-state index contributed by atoms with van der Waals surface area (Å²) in [6.07, 6.45) is 1.55. The topological polar surface area (TPSA) is 69.2 Å². The highest BCUT2D eigenvalue weighted by Crippen LogP contribution is 2.27. The molecule has 2 rings (SSSR count). The minimum atomic E-state index is -0.299. The molecule has 0 aliphatic rings. The molecule has 0 heterocycles. The normalized spacial score (nSPS) is 10.5. The average molecular weight is 328 g/mol. The van der Waals surface area contributed by atoms with Gasteiger partial charge in [0.2, 0.25) is 0 Å². The van der Waals surface area contributed by atoms with Crippen LogP contribution >= 0.6 is 0 Å². The molecule has 0 aliphatic heterocycles. The quantitative estimate of drug-likeness (QED) is 0.627. The molecule has 0 aromatic heterocycles. The molecule has 0 saturated carbocycles. The zero-order chi connectivity index (χ0) is 17.4. The Hall–Kier alpha value is -3.02. The molecule has 0 spiro atoms. The Morgan fingerprint density at radius 1 is 1.08 bits per heavy atom. The van der Waals surface area contributed by atoms with Crippen molar-refractivity contribution in [2.45, 2.75) is 6.92 Å². The highest BCUT2D eigenvalue weighted by molar-refractivity contribution is 5.95. The van der Waals surface area contributed by atoms with Gasteiger partial charge in [-0.2, -0.15) is 5.10 Å². The third-order valence-corrected chi connectivity index (χ3v) is 3.22. The summed E-state index contributed by atoms with van der Waals surface area (Å²) in [5.74, 6) is 1.67. The number of nitrogens with zero attached hydrogens (tertiary/aromatic N) is 1. The summed E-state index contributed by atoms with van der Waals surface area (Å²) in [5.41, 5.74) is 3.77. The van der Waals surface area contributed by atoms with E-state index in [1.807, 2.05) is 13.0 Å². The summed E-state index contributed by atoms with van der Waals surface area (Å²) in [6.45, 7) is 2.43. The van der Waals surface area contributed by atoms with Crippen molar-refractivity contribution in [3.05, 3.63) is 53.6 Å². The number of hydrogen-bond donors (Lipinski definition) is 1. The number of rotatable bonds is 7. The first-order valence-corrected chi connectivity index (χ1v) is 7.46. The van der Waals surface area contributed by atoms with Crippen LogP contribution in [-0.2, 0) is 0 Å². The molecule has 1 N–H and O–H groups in total. The second kappa shape index (κ2) is 8.57. The molecule has 0 unspecified atom stereocenters. The minimum absolute atomic E-state index is 0.299. The Kier molecular flexibility index (Phi) is 6.19. The number of nitrogens with one attached hydrogen (secondary N) is 1. The first kappa shape index (κ1) is 17.3. The molecule has 0 aliphatic carbocycles. The fourth-order valence-electron chi connectivity index (χ4n) is 2.01. The first-order chi connectivity index (χ1) is 11.7. The Morgan fingerprint density at radius 3 is 2.46 bits per heavy atom. The van der Waals surface area contributed by atoms with E-state index in [1.54, 1.807) is 56.8 Å².